The molecule has 1 aromatic heterocycles. The number of aryl methyl sites for hydroxylation is 1. The SMILES string of the molecule is C[C@@]1(O)[C@H](O)[C@@H](CO)O[C@H]1C1C=C2C(=O)C(F)C(=O)Nc3ncnc(c32)CC1. The molecule has 6 atom stereocenters. The summed E-state index contributed by atoms with van der Waals surface area (Å²) in [5.41, 5.74) is -1.02. The number of alkyl halides is 1. The molecule has 10 heteroatoms. The van der Waals surface area contributed by atoms with Gasteiger partial charge in [-0.05, 0) is 19.8 Å². The average Bonchev–Trinajstić information content (AvgIpc) is 2.80. The van der Waals surface area contributed by atoms with Crippen LogP contribution in [0.5, 0.6) is 0 Å². The van der Waals surface area contributed by atoms with E-state index in [4.69, 9.17) is 4.74 Å². The highest BCUT2D eigenvalue weighted by Gasteiger charge is 2.54. The number of ether oxygens (including phenoxy) is 1. The minimum atomic E-state index is -2.40. The summed E-state index contributed by atoms with van der Waals surface area (Å²) in [5.74, 6) is -2.65. The molecule has 9 nitrogen and oxygen atoms in total. The van der Waals surface area contributed by atoms with E-state index in [1.807, 2.05) is 0 Å². The maximum Gasteiger partial charge on any atom is 0.268 e. The standard InChI is InChI=1S/C18H20FN3O6/c1-18(27)14(25)10(5-23)28-15(18)7-2-3-9-11-8(4-7)13(24)12(19)17(26)22-16(11)21-6-20-9/h4,6-7,10,12,14-15,23,25,27H,2-3,5H2,1H3,(H,20,21,22,26)/t7?,10-,12?,14-,15+,18-/m1/s1. The van der Waals surface area contributed by atoms with Gasteiger partial charge in [0.15, 0.2) is 0 Å². The molecule has 2 aliphatic heterocycles. The van der Waals surface area contributed by atoms with Gasteiger partial charge in [0, 0.05) is 17.1 Å². The number of allylic oxidation sites excluding steroid dienone is 1. The van der Waals surface area contributed by atoms with Crippen LogP contribution < -0.4 is 5.32 Å². The van der Waals surface area contributed by atoms with Gasteiger partial charge in [-0.3, -0.25) is 9.59 Å². The normalized spacial score (nSPS) is 37.6. The first-order chi connectivity index (χ1) is 13.3. The quantitative estimate of drug-likeness (QED) is 0.476. The number of aromatic nitrogens is 2. The van der Waals surface area contributed by atoms with Crippen LogP contribution in [0.1, 0.15) is 24.6 Å². The van der Waals surface area contributed by atoms with Crippen molar-refractivity contribution in [3.8, 4) is 0 Å². The van der Waals surface area contributed by atoms with Gasteiger partial charge < -0.3 is 25.4 Å². The van der Waals surface area contributed by atoms with Crippen molar-refractivity contribution in [2.24, 2.45) is 5.92 Å². The topological polar surface area (TPSA) is 142 Å². The summed E-state index contributed by atoms with van der Waals surface area (Å²) >= 11 is 0. The number of Topliss-reactive ketones (excluding diaryl/α,β-unsaturated/α-hetero) is 1. The van der Waals surface area contributed by atoms with Gasteiger partial charge in [0.2, 0.25) is 12.0 Å². The zero-order valence-corrected chi connectivity index (χ0v) is 15.0. The van der Waals surface area contributed by atoms with Crippen molar-refractivity contribution >= 4 is 23.1 Å². The molecule has 3 heterocycles. The second kappa shape index (κ2) is 6.66. The van der Waals surface area contributed by atoms with E-state index in [9.17, 15) is 29.3 Å². The summed E-state index contributed by atoms with van der Waals surface area (Å²) < 4.78 is 20.0. The van der Waals surface area contributed by atoms with E-state index < -0.39 is 54.3 Å². The molecule has 0 radical (unpaired) electrons. The summed E-state index contributed by atoms with van der Waals surface area (Å²) in [6, 6.07) is 0. The minimum Gasteiger partial charge on any atom is -0.394 e. The lowest BCUT2D eigenvalue weighted by Gasteiger charge is -2.31. The molecule has 1 aliphatic carbocycles. The van der Waals surface area contributed by atoms with Crippen LogP contribution >= 0.6 is 0 Å². The number of carbonyl (C=O) groups is 2. The van der Waals surface area contributed by atoms with Crippen LogP contribution in [0, 0.1) is 5.92 Å². The number of nitrogens with one attached hydrogen (secondary N) is 1. The monoisotopic (exact) mass is 393 g/mol. The highest BCUT2D eigenvalue weighted by atomic mass is 19.1. The van der Waals surface area contributed by atoms with Gasteiger partial charge in [-0.25, -0.2) is 14.4 Å². The third-order valence-electron chi connectivity index (χ3n) is 5.67. The number of carbonyl (C=O) groups excluding carboxylic acids is 2. The van der Waals surface area contributed by atoms with Crippen molar-refractivity contribution in [2.45, 2.75) is 49.9 Å². The Morgan fingerprint density at radius 2 is 2.14 bits per heavy atom. The average molecular weight is 393 g/mol. The second-order valence-corrected chi connectivity index (χ2v) is 7.49. The summed E-state index contributed by atoms with van der Waals surface area (Å²) in [7, 11) is 0. The number of hydrogen-bond acceptors (Lipinski definition) is 8. The van der Waals surface area contributed by atoms with Crippen molar-refractivity contribution in [2.75, 3.05) is 11.9 Å². The predicted octanol–water partition coefficient (Wildman–Crippen LogP) is -0.847. The molecule has 1 saturated heterocycles. The number of amides is 1. The van der Waals surface area contributed by atoms with Gasteiger partial charge in [-0.1, -0.05) is 6.08 Å². The maximum absolute atomic E-state index is 14.4. The molecule has 4 N–H and O–H groups in total. The molecule has 0 saturated carbocycles. The van der Waals surface area contributed by atoms with Gasteiger partial charge in [-0.15, -0.1) is 0 Å². The fourth-order valence-corrected chi connectivity index (χ4v) is 4.18. The van der Waals surface area contributed by atoms with Crippen molar-refractivity contribution in [3.63, 3.8) is 0 Å². The van der Waals surface area contributed by atoms with Crippen LogP contribution in [-0.2, 0) is 20.7 Å². The minimum absolute atomic E-state index is 0.0553. The Morgan fingerprint density at radius 1 is 1.39 bits per heavy atom. The van der Waals surface area contributed by atoms with Crippen LogP contribution in [0.2, 0.25) is 0 Å². The molecule has 0 spiro atoms. The number of rotatable bonds is 2. The molecular weight excluding hydrogens is 373 g/mol. The van der Waals surface area contributed by atoms with Crippen molar-refractivity contribution in [1.82, 2.24) is 9.97 Å². The first-order valence-corrected chi connectivity index (χ1v) is 8.97. The van der Waals surface area contributed by atoms with Gasteiger partial charge in [-0.2, -0.15) is 0 Å². The van der Waals surface area contributed by atoms with E-state index in [0.717, 1.165) is 0 Å². The van der Waals surface area contributed by atoms with Crippen LogP contribution in [0.15, 0.2) is 12.4 Å². The number of hydrogen-bond donors (Lipinski definition) is 4. The van der Waals surface area contributed by atoms with Crippen LogP contribution in [-0.4, -0.2) is 73.7 Å². The highest BCUT2D eigenvalue weighted by Crippen LogP contribution is 2.42. The Balaban J connectivity index is 1.81. The third-order valence-corrected chi connectivity index (χ3v) is 5.67. The first kappa shape index (κ1) is 19.1. The second-order valence-electron chi connectivity index (χ2n) is 7.49. The molecule has 150 valence electrons. The van der Waals surface area contributed by atoms with Gasteiger partial charge in [0.25, 0.3) is 5.91 Å². The number of nitrogens with zero attached hydrogens (tertiary/aromatic N) is 2. The molecule has 2 unspecified atom stereocenters. The smallest absolute Gasteiger partial charge is 0.268 e. The van der Waals surface area contributed by atoms with Crippen LogP contribution in [0.4, 0.5) is 10.2 Å². The molecular formula is C18H20FN3O6. The summed E-state index contributed by atoms with van der Waals surface area (Å²) in [5, 5.41) is 32.7. The van der Waals surface area contributed by atoms with E-state index in [0.29, 0.717) is 18.5 Å². The molecule has 28 heavy (non-hydrogen) atoms. The molecule has 3 aliphatic rings. The van der Waals surface area contributed by atoms with E-state index in [1.165, 1.54) is 19.3 Å². The van der Waals surface area contributed by atoms with Gasteiger partial charge in [0.1, 0.15) is 30.0 Å². The Kier molecular flexibility index (Phi) is 4.53. The highest BCUT2D eigenvalue weighted by molar-refractivity contribution is 6.33. The summed E-state index contributed by atoms with van der Waals surface area (Å²) in [6.07, 6.45) is -2.24. The summed E-state index contributed by atoms with van der Waals surface area (Å²) in [4.78, 5) is 32.7. The van der Waals surface area contributed by atoms with E-state index >= 15 is 0 Å². The lowest BCUT2D eigenvalue weighted by atomic mass is 9.82. The molecule has 0 bridgehead atoms. The number of aliphatic hydroxyl groups is 3. The fraction of sp³-hybridized carbons (Fsp3) is 0.556. The van der Waals surface area contributed by atoms with Crippen molar-refractivity contribution < 1.29 is 34.0 Å². The molecule has 1 fully saturated rings. The molecule has 1 aromatic rings. The lowest BCUT2D eigenvalue weighted by Crippen LogP contribution is -2.48. The van der Waals surface area contributed by atoms with E-state index in [2.05, 4.69) is 15.3 Å². The molecule has 1 amide bonds. The predicted molar refractivity (Wildman–Crippen MR) is 92.7 cm³/mol. The number of anilines is 1. The Hall–Kier alpha value is -2.27. The zero-order chi connectivity index (χ0) is 20.2. The summed E-state index contributed by atoms with van der Waals surface area (Å²) in [6.45, 7) is 0.897. The fourth-order valence-electron chi connectivity index (χ4n) is 4.18. The number of halogens is 1. The van der Waals surface area contributed by atoms with E-state index in [1.54, 1.807) is 0 Å². The third kappa shape index (κ3) is 2.75. The van der Waals surface area contributed by atoms with Gasteiger partial charge in [0.05, 0.1) is 18.4 Å². The Labute approximate surface area is 159 Å². The van der Waals surface area contributed by atoms with Crippen molar-refractivity contribution in [3.05, 3.63) is 23.7 Å². The number of ketones is 1. The zero-order valence-electron chi connectivity index (χ0n) is 15.0. The van der Waals surface area contributed by atoms with E-state index in [-0.39, 0.29) is 17.0 Å². The Bertz CT molecular complexity index is 873. The number of aliphatic hydroxyl groups excluding tert-OH is 2. The van der Waals surface area contributed by atoms with Crippen LogP contribution in [0.3, 0.4) is 0 Å². The van der Waals surface area contributed by atoms with Crippen LogP contribution in [0.25, 0.3) is 5.57 Å². The van der Waals surface area contributed by atoms with Gasteiger partial charge >= 0.3 is 0 Å². The van der Waals surface area contributed by atoms with Crippen molar-refractivity contribution in [1.29, 1.82) is 0 Å². The maximum atomic E-state index is 14.4. The lowest BCUT2D eigenvalue weighted by molar-refractivity contribution is -0.129. The molecule has 0 aromatic carbocycles. The largest absolute Gasteiger partial charge is 0.394 e. The first-order valence-electron chi connectivity index (χ1n) is 8.97. The Morgan fingerprint density at radius 3 is 2.82 bits per heavy atom. The molecule has 4 rings (SSSR count).